The van der Waals surface area contributed by atoms with Crippen LogP contribution in [0.4, 0.5) is 27.8 Å². The maximum Gasteiger partial charge on any atom is 0.433 e. The number of anilines is 1. The number of alkyl halides is 5. The lowest BCUT2D eigenvalue weighted by molar-refractivity contribution is -0.145. The normalized spacial score (nSPS) is 18.2. The van der Waals surface area contributed by atoms with Crippen molar-refractivity contribution in [2.24, 2.45) is 0 Å². The Bertz CT molecular complexity index is 984. The molecular formula is C18H16F5N5. The highest BCUT2D eigenvalue weighted by molar-refractivity contribution is 5.89. The number of benzene rings is 1. The summed E-state index contributed by atoms with van der Waals surface area (Å²) in [5, 5.41) is 4.45. The van der Waals surface area contributed by atoms with Crippen LogP contribution in [0, 0.1) is 0 Å². The second-order valence-corrected chi connectivity index (χ2v) is 6.62. The molecule has 0 bridgehead atoms. The molecule has 0 amide bonds. The average molecular weight is 397 g/mol. The van der Waals surface area contributed by atoms with Crippen LogP contribution in [0.2, 0.25) is 0 Å². The van der Waals surface area contributed by atoms with Crippen molar-refractivity contribution in [3.8, 4) is 0 Å². The largest absolute Gasteiger partial charge is 0.433 e. The van der Waals surface area contributed by atoms with E-state index in [-0.39, 0.29) is 6.54 Å². The van der Waals surface area contributed by atoms with Gasteiger partial charge in [-0.15, -0.1) is 0 Å². The first-order valence-electron chi connectivity index (χ1n) is 8.75. The van der Waals surface area contributed by atoms with Gasteiger partial charge in [-0.05, 0) is 31.0 Å². The lowest BCUT2D eigenvalue weighted by atomic mass is 10.0. The molecule has 4 rings (SSSR count). The first-order chi connectivity index (χ1) is 13.3. The second kappa shape index (κ2) is 6.99. The van der Waals surface area contributed by atoms with Gasteiger partial charge in [0, 0.05) is 24.7 Å². The van der Waals surface area contributed by atoms with Crippen molar-refractivity contribution in [1.29, 1.82) is 0 Å². The van der Waals surface area contributed by atoms with E-state index in [9.17, 15) is 22.0 Å². The molecule has 0 spiro atoms. The van der Waals surface area contributed by atoms with Crippen LogP contribution < -0.4 is 4.90 Å². The van der Waals surface area contributed by atoms with Gasteiger partial charge in [0.2, 0.25) is 0 Å². The predicted molar refractivity (Wildman–Crippen MR) is 92.2 cm³/mol. The smallest absolute Gasteiger partial charge is 0.354 e. The molecule has 148 valence electrons. The number of fused-ring (bicyclic) bond motifs is 1. The van der Waals surface area contributed by atoms with Crippen LogP contribution in [-0.2, 0) is 6.18 Å². The topological polar surface area (TPSA) is 46.8 Å². The van der Waals surface area contributed by atoms with Crippen LogP contribution in [0.3, 0.4) is 0 Å². The SMILES string of the molecule is FC(F)c1nc(N2CCC[C@H](n3nccc3C(F)(F)F)C2)c2ccccc2n1. The van der Waals surface area contributed by atoms with Gasteiger partial charge in [0.1, 0.15) is 11.5 Å². The molecule has 10 heteroatoms. The molecule has 2 aromatic heterocycles. The predicted octanol–water partition coefficient (Wildman–Crippen LogP) is 4.62. The standard InChI is InChI=1S/C18H16F5N5/c19-15(20)16-25-13-6-2-1-5-12(13)17(26-16)27-9-3-4-11(10-27)28-14(7-8-24-28)18(21,22)23/h1-2,5-8,11,15H,3-4,9-10H2/t11-/m0/s1. The third kappa shape index (κ3) is 3.38. The fraction of sp³-hybridized carbons (Fsp3) is 0.389. The molecule has 1 aromatic carbocycles. The molecule has 0 N–H and O–H groups in total. The number of piperidine rings is 1. The summed E-state index contributed by atoms with van der Waals surface area (Å²) < 4.78 is 67.1. The molecule has 1 atom stereocenters. The Labute approximate surface area is 156 Å². The van der Waals surface area contributed by atoms with E-state index in [1.54, 1.807) is 29.2 Å². The van der Waals surface area contributed by atoms with Crippen LogP contribution >= 0.6 is 0 Å². The zero-order valence-electron chi connectivity index (χ0n) is 14.6. The summed E-state index contributed by atoms with van der Waals surface area (Å²) >= 11 is 0. The van der Waals surface area contributed by atoms with E-state index in [2.05, 4.69) is 15.1 Å². The third-order valence-corrected chi connectivity index (χ3v) is 4.80. The Balaban J connectivity index is 1.72. The van der Waals surface area contributed by atoms with Gasteiger partial charge < -0.3 is 4.90 Å². The molecule has 1 aliphatic heterocycles. The zero-order chi connectivity index (χ0) is 19.9. The number of halogens is 5. The van der Waals surface area contributed by atoms with Gasteiger partial charge in [-0.3, -0.25) is 4.68 Å². The van der Waals surface area contributed by atoms with Gasteiger partial charge in [-0.25, -0.2) is 18.7 Å². The summed E-state index contributed by atoms with van der Waals surface area (Å²) in [6.07, 6.45) is -5.14. The van der Waals surface area contributed by atoms with Gasteiger partial charge in [-0.2, -0.15) is 18.3 Å². The van der Waals surface area contributed by atoms with Crippen LogP contribution in [-0.4, -0.2) is 32.8 Å². The maximum atomic E-state index is 13.2. The molecule has 28 heavy (non-hydrogen) atoms. The molecule has 3 aromatic rings. The van der Waals surface area contributed by atoms with Crippen molar-refractivity contribution >= 4 is 16.7 Å². The van der Waals surface area contributed by atoms with E-state index in [1.165, 1.54) is 0 Å². The molecule has 1 aliphatic rings. The highest BCUT2D eigenvalue weighted by atomic mass is 19.4. The Hall–Kier alpha value is -2.78. The van der Waals surface area contributed by atoms with Crippen LogP contribution in [0.1, 0.15) is 36.8 Å². The van der Waals surface area contributed by atoms with E-state index < -0.39 is 30.2 Å². The van der Waals surface area contributed by atoms with Crippen molar-refractivity contribution < 1.29 is 22.0 Å². The average Bonchev–Trinajstić information content (AvgIpc) is 3.17. The van der Waals surface area contributed by atoms with Crippen molar-refractivity contribution in [2.45, 2.75) is 31.5 Å². The van der Waals surface area contributed by atoms with Gasteiger partial charge in [-0.1, -0.05) is 12.1 Å². The minimum atomic E-state index is -4.51. The molecule has 0 aliphatic carbocycles. The molecule has 3 heterocycles. The Morgan fingerprint density at radius 2 is 1.86 bits per heavy atom. The minimum absolute atomic E-state index is 0.189. The molecule has 1 fully saturated rings. The first-order valence-corrected chi connectivity index (χ1v) is 8.75. The van der Waals surface area contributed by atoms with E-state index in [1.807, 2.05) is 0 Å². The lowest BCUT2D eigenvalue weighted by Crippen LogP contribution is -2.38. The van der Waals surface area contributed by atoms with Crippen LogP contribution in [0.15, 0.2) is 36.5 Å². The third-order valence-electron chi connectivity index (χ3n) is 4.80. The Morgan fingerprint density at radius 1 is 1.07 bits per heavy atom. The fourth-order valence-electron chi connectivity index (χ4n) is 3.59. The molecule has 0 saturated carbocycles. The van der Waals surface area contributed by atoms with Crippen molar-refractivity contribution in [3.63, 3.8) is 0 Å². The number of nitrogens with zero attached hydrogens (tertiary/aromatic N) is 5. The van der Waals surface area contributed by atoms with E-state index in [0.717, 1.165) is 16.9 Å². The molecule has 0 radical (unpaired) electrons. The monoisotopic (exact) mass is 397 g/mol. The fourth-order valence-corrected chi connectivity index (χ4v) is 3.59. The van der Waals surface area contributed by atoms with Gasteiger partial charge in [0.05, 0.1) is 11.6 Å². The van der Waals surface area contributed by atoms with Crippen molar-refractivity contribution in [1.82, 2.24) is 19.7 Å². The summed E-state index contributed by atoms with van der Waals surface area (Å²) in [4.78, 5) is 9.66. The van der Waals surface area contributed by atoms with Crippen molar-refractivity contribution in [2.75, 3.05) is 18.0 Å². The minimum Gasteiger partial charge on any atom is -0.354 e. The van der Waals surface area contributed by atoms with Crippen molar-refractivity contribution in [3.05, 3.63) is 48.0 Å². The number of hydrogen-bond donors (Lipinski definition) is 0. The molecule has 1 saturated heterocycles. The number of para-hydroxylation sites is 1. The Morgan fingerprint density at radius 3 is 2.61 bits per heavy atom. The van der Waals surface area contributed by atoms with Crippen LogP contribution in [0.25, 0.3) is 10.9 Å². The van der Waals surface area contributed by atoms with E-state index >= 15 is 0 Å². The zero-order valence-corrected chi connectivity index (χ0v) is 14.6. The van der Waals surface area contributed by atoms with E-state index in [0.29, 0.717) is 36.1 Å². The number of rotatable bonds is 3. The quantitative estimate of drug-likeness (QED) is 0.605. The summed E-state index contributed by atoms with van der Waals surface area (Å²) in [6, 6.07) is 7.17. The highest BCUT2D eigenvalue weighted by Crippen LogP contribution is 2.35. The number of hydrogen-bond acceptors (Lipinski definition) is 4. The molecule has 5 nitrogen and oxygen atoms in total. The summed E-state index contributed by atoms with van der Waals surface area (Å²) in [6.45, 7) is 0.692. The summed E-state index contributed by atoms with van der Waals surface area (Å²) in [5.74, 6) is -0.280. The second-order valence-electron chi connectivity index (χ2n) is 6.62. The Kier molecular flexibility index (Phi) is 4.64. The van der Waals surface area contributed by atoms with Gasteiger partial charge >= 0.3 is 6.18 Å². The van der Waals surface area contributed by atoms with Crippen LogP contribution in [0.5, 0.6) is 0 Å². The summed E-state index contributed by atoms with van der Waals surface area (Å²) in [7, 11) is 0. The maximum absolute atomic E-state index is 13.2. The molecular weight excluding hydrogens is 381 g/mol. The first kappa shape index (κ1) is 18.6. The van der Waals surface area contributed by atoms with E-state index in [4.69, 9.17) is 0 Å². The lowest BCUT2D eigenvalue weighted by Gasteiger charge is -2.35. The summed E-state index contributed by atoms with van der Waals surface area (Å²) in [5.41, 5.74) is -0.444. The van der Waals surface area contributed by atoms with Gasteiger partial charge in [0.15, 0.2) is 5.82 Å². The van der Waals surface area contributed by atoms with Gasteiger partial charge in [0.25, 0.3) is 6.43 Å². The highest BCUT2D eigenvalue weighted by Gasteiger charge is 2.37. The number of aromatic nitrogens is 4. The molecule has 0 unspecified atom stereocenters.